The molecule has 33 heavy (non-hydrogen) atoms. The van der Waals surface area contributed by atoms with Crippen molar-refractivity contribution in [3.8, 4) is 11.5 Å². The number of hydrogen-bond acceptors (Lipinski definition) is 7. The second-order valence-corrected chi connectivity index (χ2v) is 8.49. The molecule has 2 aromatic heterocycles. The fraction of sp³-hybridized carbons (Fsp3) is 0.280. The molecule has 0 aliphatic heterocycles. The molecule has 7 nitrogen and oxygen atoms in total. The van der Waals surface area contributed by atoms with Gasteiger partial charge < -0.3 is 9.47 Å². The number of aromatic nitrogens is 3. The molecule has 0 unspecified atom stereocenters. The van der Waals surface area contributed by atoms with Gasteiger partial charge >= 0.3 is 0 Å². The van der Waals surface area contributed by atoms with Gasteiger partial charge in [-0.05, 0) is 42.7 Å². The monoisotopic (exact) mass is 463 g/mol. The van der Waals surface area contributed by atoms with Crippen LogP contribution >= 0.6 is 11.3 Å². The summed E-state index contributed by atoms with van der Waals surface area (Å²) in [6.45, 7) is 5.15. The average molecular weight is 464 g/mol. The van der Waals surface area contributed by atoms with Crippen LogP contribution in [0.2, 0.25) is 0 Å². The van der Waals surface area contributed by atoms with E-state index >= 15 is 0 Å². The number of ether oxygens (including phenoxy) is 2. The molecule has 0 bridgehead atoms. The van der Waals surface area contributed by atoms with Crippen LogP contribution < -0.4 is 25.1 Å². The number of thiazole rings is 1. The molecule has 2 heterocycles. The van der Waals surface area contributed by atoms with Gasteiger partial charge in [-0.15, -0.1) is 0 Å². The van der Waals surface area contributed by atoms with Crippen LogP contribution in [-0.2, 0) is 6.42 Å². The smallest absolute Gasteiger partial charge is 0.296 e. The normalized spacial score (nSPS) is 11.8. The first-order valence-electron chi connectivity index (χ1n) is 11.0. The zero-order valence-electron chi connectivity index (χ0n) is 18.6. The van der Waals surface area contributed by atoms with E-state index in [1.807, 2.05) is 55.5 Å². The number of rotatable bonds is 9. The lowest BCUT2D eigenvalue weighted by atomic mass is 10.1. The minimum absolute atomic E-state index is 0.243. The van der Waals surface area contributed by atoms with E-state index in [-0.39, 0.29) is 16.2 Å². The summed E-state index contributed by atoms with van der Waals surface area (Å²) < 4.78 is 13.2. The van der Waals surface area contributed by atoms with Gasteiger partial charge in [-0.3, -0.25) is 9.59 Å². The molecule has 0 N–H and O–H groups in total. The molecule has 0 saturated carbocycles. The van der Waals surface area contributed by atoms with Crippen LogP contribution in [0.1, 0.15) is 43.5 Å². The summed E-state index contributed by atoms with van der Waals surface area (Å²) >= 11 is 1.14. The van der Waals surface area contributed by atoms with Crippen molar-refractivity contribution in [2.24, 2.45) is 0 Å². The molecule has 8 heteroatoms. The predicted molar refractivity (Wildman–Crippen MR) is 129 cm³/mol. The first kappa shape index (κ1) is 22.7. The quantitative estimate of drug-likeness (QED) is 0.355. The van der Waals surface area contributed by atoms with Crippen molar-refractivity contribution in [1.82, 2.24) is 14.6 Å². The second kappa shape index (κ2) is 10.4. The van der Waals surface area contributed by atoms with E-state index in [0.717, 1.165) is 35.3 Å². The number of unbranched alkanes of at least 4 members (excludes halogenated alkanes) is 1. The van der Waals surface area contributed by atoms with Crippen molar-refractivity contribution in [3.05, 3.63) is 90.6 Å². The summed E-state index contributed by atoms with van der Waals surface area (Å²) in [5, 5.41) is 4.31. The molecule has 0 atom stereocenters. The number of fused-ring (bicyclic) bond motifs is 1. The molecule has 0 spiro atoms. The van der Waals surface area contributed by atoms with Gasteiger partial charge in [0.1, 0.15) is 5.69 Å². The summed E-state index contributed by atoms with van der Waals surface area (Å²) in [5.41, 5.74) is 1.24. The van der Waals surface area contributed by atoms with Crippen LogP contribution in [0.5, 0.6) is 11.5 Å². The molecule has 0 fully saturated rings. The molecule has 0 radical (unpaired) electrons. The minimum atomic E-state index is -0.418. The summed E-state index contributed by atoms with van der Waals surface area (Å²) in [6, 6.07) is 15.1. The molecule has 0 saturated heterocycles. The van der Waals surface area contributed by atoms with E-state index in [1.54, 1.807) is 6.08 Å². The molecule has 170 valence electrons. The molecule has 0 aliphatic rings. The van der Waals surface area contributed by atoms with Gasteiger partial charge in [0.25, 0.3) is 11.1 Å². The Morgan fingerprint density at radius 1 is 1.03 bits per heavy atom. The largest absolute Gasteiger partial charge is 0.490 e. The van der Waals surface area contributed by atoms with Crippen LogP contribution in [0, 0.1) is 0 Å². The summed E-state index contributed by atoms with van der Waals surface area (Å²) in [4.78, 5) is 29.8. The summed E-state index contributed by atoms with van der Waals surface area (Å²) in [7, 11) is 0. The highest BCUT2D eigenvalue weighted by Gasteiger charge is 2.12. The van der Waals surface area contributed by atoms with Crippen LogP contribution in [0.15, 0.2) is 58.1 Å². The first-order chi connectivity index (χ1) is 16.1. The fourth-order valence-electron chi connectivity index (χ4n) is 3.32. The maximum absolute atomic E-state index is 13.0. The lowest BCUT2D eigenvalue weighted by Crippen LogP contribution is -2.28. The molecule has 4 aromatic rings. The van der Waals surface area contributed by atoms with Crippen LogP contribution in [0.3, 0.4) is 0 Å². The van der Waals surface area contributed by atoms with E-state index in [4.69, 9.17) is 9.47 Å². The highest BCUT2D eigenvalue weighted by molar-refractivity contribution is 7.15. The van der Waals surface area contributed by atoms with Crippen molar-refractivity contribution in [1.29, 1.82) is 0 Å². The Labute approximate surface area is 195 Å². The summed E-state index contributed by atoms with van der Waals surface area (Å²) in [5.74, 6) is 1.31. The third-order valence-corrected chi connectivity index (χ3v) is 5.94. The number of hydrogen-bond donors (Lipinski definition) is 0. The van der Waals surface area contributed by atoms with Gasteiger partial charge in [-0.25, -0.2) is 0 Å². The highest BCUT2D eigenvalue weighted by Crippen LogP contribution is 2.29. The van der Waals surface area contributed by atoms with Crippen LogP contribution in [0.4, 0.5) is 0 Å². The minimum Gasteiger partial charge on any atom is -0.490 e. The highest BCUT2D eigenvalue weighted by atomic mass is 32.1. The Morgan fingerprint density at radius 3 is 2.61 bits per heavy atom. The van der Waals surface area contributed by atoms with Crippen LogP contribution in [-0.4, -0.2) is 27.8 Å². The molecular formula is C25H25N3O4S. The van der Waals surface area contributed by atoms with Gasteiger partial charge in [0.2, 0.25) is 4.96 Å². The van der Waals surface area contributed by atoms with Gasteiger partial charge in [0, 0.05) is 6.42 Å². The Hall–Kier alpha value is -3.52. The van der Waals surface area contributed by atoms with Gasteiger partial charge in [-0.2, -0.15) is 14.6 Å². The zero-order valence-corrected chi connectivity index (χ0v) is 19.4. The van der Waals surface area contributed by atoms with E-state index in [2.05, 4.69) is 17.0 Å². The SMILES string of the molecule is CCCCOc1ccc(/C=c2/sc3nc(=O)c(Cc4ccccc4)nn3c2=O)cc1OCC. The van der Waals surface area contributed by atoms with E-state index in [9.17, 15) is 9.59 Å². The Balaban J connectivity index is 1.70. The maximum Gasteiger partial charge on any atom is 0.296 e. The van der Waals surface area contributed by atoms with Gasteiger partial charge in [0.05, 0.1) is 17.7 Å². The lowest BCUT2D eigenvalue weighted by Gasteiger charge is -2.12. The van der Waals surface area contributed by atoms with Gasteiger partial charge in [0.15, 0.2) is 11.5 Å². The molecule has 0 aliphatic carbocycles. The van der Waals surface area contributed by atoms with Crippen molar-refractivity contribution in [2.45, 2.75) is 33.1 Å². The van der Waals surface area contributed by atoms with E-state index < -0.39 is 5.56 Å². The van der Waals surface area contributed by atoms with Crippen molar-refractivity contribution in [2.75, 3.05) is 13.2 Å². The fourth-order valence-corrected chi connectivity index (χ4v) is 4.23. The molecule has 4 rings (SSSR count). The zero-order chi connectivity index (χ0) is 23.2. The Kier molecular flexibility index (Phi) is 7.14. The third-order valence-electron chi connectivity index (χ3n) is 4.99. The lowest BCUT2D eigenvalue weighted by molar-refractivity contribution is 0.272. The Morgan fingerprint density at radius 2 is 1.85 bits per heavy atom. The standard InChI is InChI=1S/C25H25N3O4S/c1-3-5-13-32-20-12-11-18(15-21(20)31-4-2)16-22-24(30)28-25(33-22)26-23(29)19(27-28)14-17-9-7-6-8-10-17/h6-12,15-16H,3-5,13-14H2,1-2H3/b22-16+. The van der Waals surface area contributed by atoms with Crippen molar-refractivity contribution in [3.63, 3.8) is 0 Å². The van der Waals surface area contributed by atoms with E-state index in [0.29, 0.717) is 35.7 Å². The topological polar surface area (TPSA) is 82.8 Å². The van der Waals surface area contributed by atoms with E-state index in [1.165, 1.54) is 4.52 Å². The molecule has 2 aromatic carbocycles. The Bertz CT molecular complexity index is 1410. The molecular weight excluding hydrogens is 438 g/mol. The number of benzene rings is 2. The first-order valence-corrected chi connectivity index (χ1v) is 11.8. The summed E-state index contributed by atoms with van der Waals surface area (Å²) in [6.07, 6.45) is 4.09. The van der Waals surface area contributed by atoms with Crippen molar-refractivity contribution >= 4 is 22.4 Å². The van der Waals surface area contributed by atoms with Crippen molar-refractivity contribution < 1.29 is 9.47 Å². The van der Waals surface area contributed by atoms with Crippen LogP contribution in [0.25, 0.3) is 11.0 Å². The second-order valence-electron chi connectivity index (χ2n) is 7.48. The average Bonchev–Trinajstić information content (AvgIpc) is 3.10. The predicted octanol–water partition coefficient (Wildman–Crippen LogP) is 3.23. The number of nitrogens with zero attached hydrogens (tertiary/aromatic N) is 3. The third kappa shape index (κ3) is 5.28. The maximum atomic E-state index is 13.0. The molecule has 0 amide bonds. The van der Waals surface area contributed by atoms with Gasteiger partial charge in [-0.1, -0.05) is 61.1 Å².